The predicted molar refractivity (Wildman–Crippen MR) is 98.7 cm³/mol. The van der Waals surface area contributed by atoms with E-state index in [2.05, 4.69) is 16.0 Å². The summed E-state index contributed by atoms with van der Waals surface area (Å²) < 4.78 is 10.1. The van der Waals surface area contributed by atoms with Crippen molar-refractivity contribution in [2.24, 2.45) is 5.92 Å². The van der Waals surface area contributed by atoms with Crippen LogP contribution in [0.2, 0.25) is 0 Å². The Labute approximate surface area is 157 Å². The first kappa shape index (κ1) is 20.0. The normalized spacial score (nSPS) is 11.5. The fourth-order valence-corrected chi connectivity index (χ4v) is 2.20. The summed E-state index contributed by atoms with van der Waals surface area (Å²) in [6.45, 7) is 3.30. The lowest BCUT2D eigenvalue weighted by Crippen LogP contribution is -2.47. The summed E-state index contributed by atoms with van der Waals surface area (Å²) >= 11 is 0. The van der Waals surface area contributed by atoms with Crippen molar-refractivity contribution in [2.45, 2.75) is 26.4 Å². The molecule has 0 aliphatic heterocycles. The monoisotopic (exact) mass is 373 g/mol. The maximum atomic E-state index is 12.2. The molecule has 27 heavy (non-hydrogen) atoms. The number of amides is 3. The molecule has 1 aromatic heterocycles. The van der Waals surface area contributed by atoms with Gasteiger partial charge in [-0.1, -0.05) is 32.0 Å². The van der Waals surface area contributed by atoms with Gasteiger partial charge in [0.2, 0.25) is 0 Å². The minimum absolute atomic E-state index is 0.203. The van der Waals surface area contributed by atoms with Crippen molar-refractivity contribution >= 4 is 23.6 Å². The molecular weight excluding hydrogens is 350 g/mol. The number of urea groups is 1. The van der Waals surface area contributed by atoms with Crippen LogP contribution in [0, 0.1) is 5.92 Å². The number of carbonyl (C=O) groups is 3. The summed E-state index contributed by atoms with van der Waals surface area (Å²) in [6, 6.07) is 10.9. The van der Waals surface area contributed by atoms with Crippen molar-refractivity contribution in [1.29, 1.82) is 0 Å². The Hall–Kier alpha value is -3.29. The molecule has 0 aliphatic rings. The Balaban J connectivity index is 1.79. The summed E-state index contributed by atoms with van der Waals surface area (Å²) in [5, 5.41) is 7.78. The molecule has 0 saturated heterocycles. The van der Waals surface area contributed by atoms with Gasteiger partial charge in [-0.2, -0.15) is 0 Å². The fraction of sp³-hybridized carbons (Fsp3) is 0.316. The number of anilines is 1. The summed E-state index contributed by atoms with van der Waals surface area (Å²) in [5.41, 5.74) is 0.600. The van der Waals surface area contributed by atoms with E-state index in [1.54, 1.807) is 50.2 Å². The lowest BCUT2D eigenvalue weighted by Gasteiger charge is -2.21. The highest BCUT2D eigenvalue weighted by molar-refractivity contribution is 5.93. The number of esters is 1. The third-order valence-corrected chi connectivity index (χ3v) is 3.62. The molecule has 1 aromatic carbocycles. The highest BCUT2D eigenvalue weighted by Gasteiger charge is 2.26. The van der Waals surface area contributed by atoms with Gasteiger partial charge in [-0.3, -0.25) is 4.79 Å². The molecule has 3 N–H and O–H groups in total. The number of rotatable bonds is 8. The fourth-order valence-electron chi connectivity index (χ4n) is 2.20. The number of ether oxygens (including phenoxy) is 1. The lowest BCUT2D eigenvalue weighted by molar-refractivity contribution is -0.151. The first-order valence-corrected chi connectivity index (χ1v) is 8.54. The van der Waals surface area contributed by atoms with E-state index >= 15 is 0 Å². The van der Waals surface area contributed by atoms with Gasteiger partial charge in [0.1, 0.15) is 11.8 Å². The van der Waals surface area contributed by atoms with Crippen molar-refractivity contribution < 1.29 is 23.5 Å². The SMILES string of the molecule is CC(C)[C@@H](NC(=O)Nc1ccccc1)C(=O)OCC(=O)NCc1ccco1. The van der Waals surface area contributed by atoms with Crippen LogP contribution in [0.15, 0.2) is 53.1 Å². The molecule has 0 aliphatic carbocycles. The van der Waals surface area contributed by atoms with E-state index in [0.29, 0.717) is 11.4 Å². The van der Waals surface area contributed by atoms with Gasteiger partial charge in [-0.05, 0) is 30.2 Å². The average molecular weight is 373 g/mol. The minimum atomic E-state index is -0.883. The molecule has 1 heterocycles. The van der Waals surface area contributed by atoms with Crippen LogP contribution in [0.1, 0.15) is 19.6 Å². The van der Waals surface area contributed by atoms with Gasteiger partial charge in [0.15, 0.2) is 6.61 Å². The largest absolute Gasteiger partial charge is 0.467 e. The molecule has 144 valence electrons. The summed E-state index contributed by atoms with van der Waals surface area (Å²) in [4.78, 5) is 36.1. The average Bonchev–Trinajstić information content (AvgIpc) is 3.16. The number of benzene rings is 1. The molecule has 0 spiro atoms. The highest BCUT2D eigenvalue weighted by Crippen LogP contribution is 2.07. The maximum absolute atomic E-state index is 12.2. The number of furan rings is 1. The number of hydrogen-bond donors (Lipinski definition) is 3. The van der Waals surface area contributed by atoms with Crippen molar-refractivity contribution in [3.05, 3.63) is 54.5 Å². The van der Waals surface area contributed by atoms with Crippen LogP contribution in [-0.2, 0) is 20.9 Å². The van der Waals surface area contributed by atoms with Crippen molar-refractivity contribution in [3.63, 3.8) is 0 Å². The number of hydrogen-bond acceptors (Lipinski definition) is 5. The van der Waals surface area contributed by atoms with Gasteiger partial charge in [0.05, 0.1) is 12.8 Å². The number of nitrogens with one attached hydrogen (secondary N) is 3. The number of carbonyl (C=O) groups excluding carboxylic acids is 3. The summed E-state index contributed by atoms with van der Waals surface area (Å²) in [7, 11) is 0. The van der Waals surface area contributed by atoms with Crippen LogP contribution in [0.25, 0.3) is 0 Å². The van der Waals surface area contributed by atoms with Gasteiger partial charge < -0.3 is 25.1 Å². The van der Waals surface area contributed by atoms with Crippen molar-refractivity contribution in [1.82, 2.24) is 10.6 Å². The quantitative estimate of drug-likeness (QED) is 0.615. The molecule has 2 aromatic rings. The Morgan fingerprint density at radius 3 is 2.44 bits per heavy atom. The van der Waals surface area contributed by atoms with E-state index in [1.165, 1.54) is 6.26 Å². The Bertz CT molecular complexity index is 744. The van der Waals surface area contributed by atoms with E-state index < -0.39 is 30.6 Å². The molecule has 0 unspecified atom stereocenters. The second kappa shape index (κ2) is 10.0. The third kappa shape index (κ3) is 6.85. The predicted octanol–water partition coefficient (Wildman–Crippen LogP) is 2.29. The van der Waals surface area contributed by atoms with Crippen molar-refractivity contribution in [3.8, 4) is 0 Å². The van der Waals surface area contributed by atoms with Crippen molar-refractivity contribution in [2.75, 3.05) is 11.9 Å². The first-order valence-electron chi connectivity index (χ1n) is 8.54. The van der Waals surface area contributed by atoms with Crippen LogP contribution < -0.4 is 16.0 Å². The van der Waals surface area contributed by atoms with Gasteiger partial charge in [0, 0.05) is 5.69 Å². The Kier molecular flexibility index (Phi) is 7.42. The first-order chi connectivity index (χ1) is 13.0. The molecule has 0 radical (unpaired) electrons. The molecular formula is C19H23N3O5. The van der Waals surface area contributed by atoms with Gasteiger partial charge >= 0.3 is 12.0 Å². The standard InChI is InChI=1S/C19H23N3O5/c1-13(2)17(22-19(25)21-14-7-4-3-5-8-14)18(24)27-12-16(23)20-11-15-9-6-10-26-15/h3-10,13,17H,11-12H2,1-2H3,(H,20,23)(H2,21,22,25)/t17-/m1/s1. The second-order valence-electron chi connectivity index (χ2n) is 6.15. The second-order valence-corrected chi connectivity index (χ2v) is 6.15. The zero-order valence-corrected chi connectivity index (χ0v) is 15.2. The van der Waals surface area contributed by atoms with E-state index in [4.69, 9.17) is 9.15 Å². The molecule has 0 fully saturated rings. The molecule has 3 amide bonds. The van der Waals surface area contributed by atoms with Crippen LogP contribution in [0.3, 0.4) is 0 Å². The van der Waals surface area contributed by atoms with Crippen LogP contribution >= 0.6 is 0 Å². The highest BCUT2D eigenvalue weighted by atomic mass is 16.5. The lowest BCUT2D eigenvalue weighted by atomic mass is 10.1. The van der Waals surface area contributed by atoms with Crippen LogP contribution in [-0.4, -0.2) is 30.6 Å². The minimum Gasteiger partial charge on any atom is -0.467 e. The third-order valence-electron chi connectivity index (χ3n) is 3.62. The zero-order chi connectivity index (χ0) is 19.6. The molecule has 0 saturated carbocycles. The summed E-state index contributed by atoms with van der Waals surface area (Å²) in [5.74, 6) is -0.767. The van der Waals surface area contributed by atoms with E-state index in [9.17, 15) is 14.4 Å². The zero-order valence-electron chi connectivity index (χ0n) is 15.2. The smallest absolute Gasteiger partial charge is 0.329 e. The molecule has 2 rings (SSSR count). The molecule has 1 atom stereocenters. The van der Waals surface area contributed by atoms with Crippen LogP contribution in [0.5, 0.6) is 0 Å². The number of para-hydroxylation sites is 1. The topological polar surface area (TPSA) is 110 Å². The van der Waals surface area contributed by atoms with E-state index in [0.717, 1.165) is 0 Å². The van der Waals surface area contributed by atoms with Gasteiger partial charge in [0.25, 0.3) is 5.91 Å². The van der Waals surface area contributed by atoms with Gasteiger partial charge in [-0.25, -0.2) is 9.59 Å². The Morgan fingerprint density at radius 1 is 1.07 bits per heavy atom. The van der Waals surface area contributed by atoms with Gasteiger partial charge in [-0.15, -0.1) is 0 Å². The summed E-state index contributed by atoms with van der Waals surface area (Å²) in [6.07, 6.45) is 1.50. The molecule has 0 bridgehead atoms. The van der Waals surface area contributed by atoms with Crippen LogP contribution in [0.4, 0.5) is 10.5 Å². The molecule has 8 nitrogen and oxygen atoms in total. The molecule has 8 heteroatoms. The Morgan fingerprint density at radius 2 is 1.81 bits per heavy atom. The van der Waals surface area contributed by atoms with E-state index in [-0.39, 0.29) is 12.5 Å². The maximum Gasteiger partial charge on any atom is 0.329 e. The van der Waals surface area contributed by atoms with E-state index in [1.807, 2.05) is 6.07 Å².